The van der Waals surface area contributed by atoms with E-state index in [0.29, 0.717) is 38.6 Å². The largest absolute Gasteiger partial charge is 0.480 e. The average molecular weight is 457 g/mol. The number of carbonyl (C=O) groups excluding carboxylic acids is 2. The summed E-state index contributed by atoms with van der Waals surface area (Å²) in [6, 6.07) is -0.865. The first-order valence-corrected chi connectivity index (χ1v) is 12.9. The molecule has 0 radical (unpaired) electrons. The molecule has 4 N–H and O–H groups in total. The van der Waals surface area contributed by atoms with Crippen LogP contribution in [0.5, 0.6) is 0 Å². The Hall–Kier alpha value is -1.63. The number of unbranched alkanes of at least 4 members (excludes halogenated alkanes) is 8. The van der Waals surface area contributed by atoms with Crippen molar-refractivity contribution in [2.75, 3.05) is 6.54 Å². The van der Waals surface area contributed by atoms with Crippen molar-refractivity contribution in [1.82, 2.24) is 5.32 Å². The highest BCUT2D eigenvalue weighted by Gasteiger charge is 2.19. The number of ether oxygens (including phenoxy) is 1. The topological polar surface area (TPSA) is 119 Å². The summed E-state index contributed by atoms with van der Waals surface area (Å²) in [5.41, 5.74) is 5.41. The monoisotopic (exact) mass is 456 g/mol. The van der Waals surface area contributed by atoms with E-state index in [1.807, 2.05) is 0 Å². The second-order valence-corrected chi connectivity index (χ2v) is 8.76. The Morgan fingerprint density at radius 1 is 0.781 bits per heavy atom. The van der Waals surface area contributed by atoms with Crippen LogP contribution in [0.15, 0.2) is 0 Å². The summed E-state index contributed by atoms with van der Waals surface area (Å²) in [7, 11) is 0. The van der Waals surface area contributed by atoms with Gasteiger partial charge in [0.1, 0.15) is 12.1 Å². The van der Waals surface area contributed by atoms with Crippen molar-refractivity contribution < 1.29 is 24.2 Å². The lowest BCUT2D eigenvalue weighted by atomic mass is 10.0. The van der Waals surface area contributed by atoms with Crippen LogP contribution in [0.25, 0.3) is 0 Å². The minimum absolute atomic E-state index is 0.0430. The zero-order valence-electron chi connectivity index (χ0n) is 20.5. The lowest BCUT2D eigenvalue weighted by molar-refractivity contribution is -0.150. The zero-order chi connectivity index (χ0) is 24.0. The molecule has 0 aromatic rings. The van der Waals surface area contributed by atoms with Crippen LogP contribution in [0.4, 0.5) is 0 Å². The van der Waals surface area contributed by atoms with Gasteiger partial charge in [-0.25, -0.2) is 4.79 Å². The molecule has 0 aliphatic carbocycles. The highest BCUT2D eigenvalue weighted by atomic mass is 16.5. The molecule has 1 amide bonds. The first kappa shape index (κ1) is 30.4. The molecule has 0 heterocycles. The van der Waals surface area contributed by atoms with Gasteiger partial charge >= 0.3 is 11.9 Å². The van der Waals surface area contributed by atoms with Crippen LogP contribution in [-0.4, -0.2) is 41.6 Å². The van der Waals surface area contributed by atoms with Gasteiger partial charge in [0.05, 0.1) is 0 Å². The molecular weight excluding hydrogens is 408 g/mol. The van der Waals surface area contributed by atoms with E-state index in [2.05, 4.69) is 19.2 Å². The molecule has 2 atom stereocenters. The number of esters is 1. The van der Waals surface area contributed by atoms with Crippen molar-refractivity contribution in [2.24, 2.45) is 5.73 Å². The fourth-order valence-electron chi connectivity index (χ4n) is 3.74. The molecule has 32 heavy (non-hydrogen) atoms. The smallest absolute Gasteiger partial charge is 0.326 e. The first-order chi connectivity index (χ1) is 15.4. The zero-order valence-corrected chi connectivity index (χ0v) is 20.5. The van der Waals surface area contributed by atoms with E-state index in [1.165, 1.54) is 32.1 Å². The molecule has 7 heteroatoms. The summed E-state index contributed by atoms with van der Waals surface area (Å²) in [6.07, 6.45) is 15.0. The van der Waals surface area contributed by atoms with Crippen LogP contribution >= 0.6 is 0 Å². The van der Waals surface area contributed by atoms with E-state index >= 15 is 0 Å². The van der Waals surface area contributed by atoms with Crippen LogP contribution in [0.1, 0.15) is 123 Å². The Kier molecular flexibility index (Phi) is 20.1. The Labute approximate surface area is 195 Å². The Morgan fingerprint density at radius 2 is 1.41 bits per heavy atom. The van der Waals surface area contributed by atoms with Crippen LogP contribution in [0.3, 0.4) is 0 Å². The number of rotatable bonds is 22. The fraction of sp³-hybridized carbons (Fsp3) is 0.880. The van der Waals surface area contributed by atoms with Crippen LogP contribution in [0, 0.1) is 0 Å². The number of hydrogen-bond donors (Lipinski definition) is 3. The lowest BCUT2D eigenvalue weighted by Crippen LogP contribution is -2.40. The van der Waals surface area contributed by atoms with Gasteiger partial charge in [0, 0.05) is 12.8 Å². The third-order valence-electron chi connectivity index (χ3n) is 5.65. The number of carboxylic acid groups (broad SMARTS) is 1. The van der Waals surface area contributed by atoms with Gasteiger partial charge in [-0.3, -0.25) is 9.59 Å². The normalized spacial score (nSPS) is 12.8. The van der Waals surface area contributed by atoms with Gasteiger partial charge in [0.15, 0.2) is 0 Å². The quantitative estimate of drug-likeness (QED) is 0.154. The van der Waals surface area contributed by atoms with Gasteiger partial charge < -0.3 is 20.9 Å². The Morgan fingerprint density at radius 3 is 2.03 bits per heavy atom. The van der Waals surface area contributed by atoms with Crippen molar-refractivity contribution in [1.29, 1.82) is 0 Å². The summed E-state index contributed by atoms with van der Waals surface area (Å²) < 4.78 is 5.69. The molecule has 0 fully saturated rings. The minimum atomic E-state index is -1.02. The van der Waals surface area contributed by atoms with Crippen LogP contribution in [0.2, 0.25) is 0 Å². The van der Waals surface area contributed by atoms with Gasteiger partial charge in [0.25, 0.3) is 0 Å². The van der Waals surface area contributed by atoms with Crippen molar-refractivity contribution >= 4 is 17.8 Å². The van der Waals surface area contributed by atoms with E-state index < -0.39 is 12.0 Å². The van der Waals surface area contributed by atoms with Crippen LogP contribution < -0.4 is 11.1 Å². The molecule has 0 aromatic carbocycles. The number of aliphatic carboxylic acids is 1. The molecule has 0 bridgehead atoms. The molecule has 0 saturated heterocycles. The minimum Gasteiger partial charge on any atom is -0.480 e. The first-order valence-electron chi connectivity index (χ1n) is 12.9. The third-order valence-corrected chi connectivity index (χ3v) is 5.65. The summed E-state index contributed by atoms with van der Waals surface area (Å²) in [4.78, 5) is 35.3. The van der Waals surface area contributed by atoms with E-state index in [-0.39, 0.29) is 18.0 Å². The second kappa shape index (κ2) is 21.2. The van der Waals surface area contributed by atoms with Crippen molar-refractivity contribution in [3.8, 4) is 0 Å². The van der Waals surface area contributed by atoms with Gasteiger partial charge in [0.2, 0.25) is 5.91 Å². The molecule has 0 aliphatic rings. The molecule has 188 valence electrons. The molecular formula is C25H48N2O5. The summed E-state index contributed by atoms with van der Waals surface area (Å²) in [6.45, 7) is 4.70. The number of carbonyl (C=O) groups is 3. The summed E-state index contributed by atoms with van der Waals surface area (Å²) >= 11 is 0. The molecule has 0 aliphatic heterocycles. The fourth-order valence-corrected chi connectivity index (χ4v) is 3.74. The van der Waals surface area contributed by atoms with Crippen LogP contribution in [-0.2, 0) is 19.1 Å². The Balaban J connectivity index is 3.98. The maximum absolute atomic E-state index is 12.1. The number of amides is 1. The van der Waals surface area contributed by atoms with Gasteiger partial charge in [-0.2, -0.15) is 0 Å². The number of carboxylic acids is 1. The number of nitrogens with one attached hydrogen (secondary N) is 1. The molecule has 2 unspecified atom stereocenters. The Bertz CT molecular complexity index is 499. The molecule has 0 rings (SSSR count). The van der Waals surface area contributed by atoms with E-state index in [0.717, 1.165) is 44.9 Å². The molecule has 0 aromatic heterocycles. The standard InChI is InChI=1S/C25H48N2O5/c1-3-5-6-7-8-9-13-19-24(29)32-21(15-4-2)16-11-10-12-18-23(28)27-22(25(30)31)17-14-20-26/h21-22H,3-20,26H2,1-2H3,(H,27,28)(H,30,31). The van der Waals surface area contributed by atoms with Crippen molar-refractivity contribution in [3.05, 3.63) is 0 Å². The van der Waals surface area contributed by atoms with E-state index in [9.17, 15) is 14.4 Å². The van der Waals surface area contributed by atoms with E-state index in [4.69, 9.17) is 15.6 Å². The van der Waals surface area contributed by atoms with Gasteiger partial charge in [-0.1, -0.05) is 65.2 Å². The maximum atomic E-state index is 12.1. The van der Waals surface area contributed by atoms with Gasteiger partial charge in [-0.05, 0) is 51.5 Å². The predicted molar refractivity (Wildman–Crippen MR) is 128 cm³/mol. The highest BCUT2D eigenvalue weighted by molar-refractivity contribution is 5.83. The SMILES string of the molecule is CCCCCCCCCC(=O)OC(CCC)CCCCCC(=O)NC(CCCN)C(=O)O. The summed E-state index contributed by atoms with van der Waals surface area (Å²) in [5, 5.41) is 11.7. The number of hydrogen-bond acceptors (Lipinski definition) is 5. The lowest BCUT2D eigenvalue weighted by Gasteiger charge is -2.17. The van der Waals surface area contributed by atoms with E-state index in [1.54, 1.807) is 0 Å². The second-order valence-electron chi connectivity index (χ2n) is 8.76. The molecule has 0 saturated carbocycles. The summed E-state index contributed by atoms with van der Waals surface area (Å²) in [5.74, 6) is -1.35. The third kappa shape index (κ3) is 18.0. The van der Waals surface area contributed by atoms with Crippen molar-refractivity contribution in [2.45, 2.75) is 135 Å². The number of nitrogens with two attached hydrogens (primary N) is 1. The highest BCUT2D eigenvalue weighted by Crippen LogP contribution is 2.15. The van der Waals surface area contributed by atoms with Crippen molar-refractivity contribution in [3.63, 3.8) is 0 Å². The molecule has 0 spiro atoms. The average Bonchev–Trinajstić information content (AvgIpc) is 2.75. The predicted octanol–water partition coefficient (Wildman–Crippen LogP) is 5.10. The molecule has 7 nitrogen and oxygen atoms in total. The van der Waals surface area contributed by atoms with Gasteiger partial charge in [-0.15, -0.1) is 0 Å². The maximum Gasteiger partial charge on any atom is 0.326 e.